The maximum atomic E-state index is 11.8. The molecule has 0 atom stereocenters. The smallest absolute Gasteiger partial charge is 0.234 e. The van der Waals surface area contributed by atoms with Crippen LogP contribution in [0, 0.1) is 0 Å². The van der Waals surface area contributed by atoms with Crippen LogP contribution in [0.25, 0.3) is 0 Å². The lowest BCUT2D eigenvalue weighted by Gasteiger charge is -2.30. The van der Waals surface area contributed by atoms with Crippen LogP contribution in [0.2, 0.25) is 0 Å². The monoisotopic (exact) mass is 227 g/mol. The van der Waals surface area contributed by atoms with Gasteiger partial charge >= 0.3 is 0 Å². The second-order valence-electron chi connectivity index (χ2n) is 5.21. The Morgan fingerprint density at radius 2 is 2.00 bits per heavy atom. The summed E-state index contributed by atoms with van der Waals surface area (Å²) in [5, 5.41) is 6.39. The van der Waals surface area contributed by atoms with Gasteiger partial charge in [-0.2, -0.15) is 0 Å². The van der Waals surface area contributed by atoms with Crippen LogP contribution in [0.5, 0.6) is 0 Å². The molecule has 0 radical (unpaired) electrons. The molecule has 0 spiro atoms. The predicted molar refractivity (Wildman–Crippen MR) is 66.4 cm³/mol. The average Bonchev–Trinajstić information content (AvgIpc) is 2.17. The number of piperazine rings is 1. The Hall–Kier alpha value is -0.610. The molecule has 4 nitrogen and oxygen atoms in total. The van der Waals surface area contributed by atoms with E-state index in [1.807, 2.05) is 0 Å². The zero-order valence-corrected chi connectivity index (χ0v) is 10.8. The van der Waals surface area contributed by atoms with Crippen molar-refractivity contribution in [2.24, 2.45) is 0 Å². The normalized spacial score (nSPS) is 18.4. The summed E-state index contributed by atoms with van der Waals surface area (Å²) < 4.78 is 0. The van der Waals surface area contributed by atoms with Gasteiger partial charge in [-0.15, -0.1) is 0 Å². The number of carbonyl (C=O) groups excluding carboxylic acids is 1. The Labute approximate surface area is 98.8 Å². The molecule has 0 bridgehead atoms. The molecule has 1 aliphatic rings. The molecule has 1 heterocycles. The quantitative estimate of drug-likeness (QED) is 0.722. The van der Waals surface area contributed by atoms with E-state index < -0.39 is 0 Å². The van der Waals surface area contributed by atoms with Crippen molar-refractivity contribution >= 4 is 5.91 Å². The molecule has 2 N–H and O–H groups in total. The van der Waals surface area contributed by atoms with Crippen molar-refractivity contribution in [3.63, 3.8) is 0 Å². The van der Waals surface area contributed by atoms with Gasteiger partial charge in [-0.1, -0.05) is 13.3 Å². The van der Waals surface area contributed by atoms with E-state index in [2.05, 4.69) is 36.3 Å². The second-order valence-corrected chi connectivity index (χ2v) is 5.21. The molecule has 0 aromatic carbocycles. The molecule has 94 valence electrons. The highest BCUT2D eigenvalue weighted by Crippen LogP contribution is 2.10. The summed E-state index contributed by atoms with van der Waals surface area (Å²) in [7, 11) is 0. The van der Waals surface area contributed by atoms with E-state index in [0.717, 1.165) is 39.0 Å². The minimum absolute atomic E-state index is 0.0696. The second kappa shape index (κ2) is 6.21. The van der Waals surface area contributed by atoms with Crippen LogP contribution in [-0.2, 0) is 4.79 Å². The molecule has 0 aromatic rings. The summed E-state index contributed by atoms with van der Waals surface area (Å²) in [6.45, 7) is 10.8. The lowest BCUT2D eigenvalue weighted by molar-refractivity contribution is -0.124. The van der Waals surface area contributed by atoms with E-state index in [1.54, 1.807) is 0 Å². The number of amides is 1. The van der Waals surface area contributed by atoms with E-state index in [4.69, 9.17) is 0 Å². The van der Waals surface area contributed by atoms with Gasteiger partial charge < -0.3 is 10.6 Å². The van der Waals surface area contributed by atoms with Crippen molar-refractivity contribution in [2.75, 3.05) is 32.7 Å². The van der Waals surface area contributed by atoms with Gasteiger partial charge in [0.25, 0.3) is 0 Å². The van der Waals surface area contributed by atoms with Crippen LogP contribution in [0.1, 0.15) is 33.6 Å². The van der Waals surface area contributed by atoms with Gasteiger partial charge in [-0.3, -0.25) is 9.69 Å². The van der Waals surface area contributed by atoms with Crippen LogP contribution < -0.4 is 10.6 Å². The zero-order valence-electron chi connectivity index (χ0n) is 10.8. The van der Waals surface area contributed by atoms with Crippen molar-refractivity contribution in [1.29, 1.82) is 0 Å². The minimum Gasteiger partial charge on any atom is -0.350 e. The van der Waals surface area contributed by atoms with Crippen molar-refractivity contribution in [1.82, 2.24) is 15.5 Å². The standard InChI is InChI=1S/C12H25N3O/c1-4-5-12(2,3)14-11(16)10-15-8-6-13-7-9-15/h13H,4-10H2,1-3H3,(H,14,16). The summed E-state index contributed by atoms with van der Waals surface area (Å²) in [6, 6.07) is 0. The maximum absolute atomic E-state index is 11.8. The van der Waals surface area contributed by atoms with Gasteiger partial charge in [0.05, 0.1) is 6.54 Å². The first-order valence-corrected chi connectivity index (χ1v) is 6.27. The van der Waals surface area contributed by atoms with E-state index in [9.17, 15) is 4.79 Å². The number of nitrogens with zero attached hydrogens (tertiary/aromatic N) is 1. The Balaban J connectivity index is 2.28. The number of rotatable bonds is 5. The molecule has 16 heavy (non-hydrogen) atoms. The van der Waals surface area contributed by atoms with Gasteiger partial charge in [0, 0.05) is 31.7 Å². The van der Waals surface area contributed by atoms with Gasteiger partial charge in [0.2, 0.25) is 5.91 Å². The van der Waals surface area contributed by atoms with Crippen LogP contribution in [0.4, 0.5) is 0 Å². The van der Waals surface area contributed by atoms with E-state index in [1.165, 1.54) is 0 Å². The van der Waals surface area contributed by atoms with Crippen LogP contribution in [-0.4, -0.2) is 49.1 Å². The fourth-order valence-corrected chi connectivity index (χ4v) is 2.18. The van der Waals surface area contributed by atoms with Crippen molar-refractivity contribution in [3.8, 4) is 0 Å². The lowest BCUT2D eigenvalue weighted by Crippen LogP contribution is -2.51. The summed E-state index contributed by atoms with van der Waals surface area (Å²) >= 11 is 0. The Kier molecular flexibility index (Phi) is 5.22. The molecule has 1 aliphatic heterocycles. The first-order chi connectivity index (χ1) is 7.53. The lowest BCUT2D eigenvalue weighted by atomic mass is 9.99. The van der Waals surface area contributed by atoms with E-state index in [0.29, 0.717) is 6.54 Å². The molecular formula is C12H25N3O. The fourth-order valence-electron chi connectivity index (χ4n) is 2.18. The van der Waals surface area contributed by atoms with Crippen molar-refractivity contribution < 1.29 is 4.79 Å². The van der Waals surface area contributed by atoms with E-state index in [-0.39, 0.29) is 11.4 Å². The highest BCUT2D eigenvalue weighted by Gasteiger charge is 2.21. The van der Waals surface area contributed by atoms with Crippen LogP contribution in [0.15, 0.2) is 0 Å². The summed E-state index contributed by atoms with van der Waals surface area (Å²) in [4.78, 5) is 14.0. The first kappa shape index (κ1) is 13.5. The fraction of sp³-hybridized carbons (Fsp3) is 0.917. The number of hydrogen-bond acceptors (Lipinski definition) is 3. The largest absolute Gasteiger partial charge is 0.350 e. The van der Waals surface area contributed by atoms with Gasteiger partial charge in [0.1, 0.15) is 0 Å². The number of nitrogens with one attached hydrogen (secondary N) is 2. The highest BCUT2D eigenvalue weighted by molar-refractivity contribution is 5.78. The predicted octanol–water partition coefficient (Wildman–Crippen LogP) is 0.587. The third-order valence-electron chi connectivity index (χ3n) is 2.93. The molecule has 1 amide bonds. The molecule has 1 rings (SSSR count). The third-order valence-corrected chi connectivity index (χ3v) is 2.93. The Bertz CT molecular complexity index is 222. The average molecular weight is 227 g/mol. The van der Waals surface area contributed by atoms with Crippen LogP contribution in [0.3, 0.4) is 0 Å². The van der Waals surface area contributed by atoms with Gasteiger partial charge in [-0.25, -0.2) is 0 Å². The molecular weight excluding hydrogens is 202 g/mol. The molecule has 1 fully saturated rings. The zero-order chi connectivity index (χ0) is 12.0. The van der Waals surface area contributed by atoms with Gasteiger partial charge in [-0.05, 0) is 20.3 Å². The van der Waals surface area contributed by atoms with Crippen molar-refractivity contribution in [2.45, 2.75) is 39.2 Å². The molecule has 1 saturated heterocycles. The molecule has 4 heteroatoms. The molecule has 0 aromatic heterocycles. The summed E-state index contributed by atoms with van der Waals surface area (Å²) in [5.74, 6) is 0.153. The molecule has 0 saturated carbocycles. The summed E-state index contributed by atoms with van der Waals surface area (Å²) in [6.07, 6.45) is 2.13. The van der Waals surface area contributed by atoms with E-state index >= 15 is 0 Å². The first-order valence-electron chi connectivity index (χ1n) is 6.27. The SMILES string of the molecule is CCCC(C)(C)NC(=O)CN1CCNCC1. The maximum Gasteiger partial charge on any atom is 0.234 e. The Morgan fingerprint density at radius 1 is 1.38 bits per heavy atom. The van der Waals surface area contributed by atoms with Crippen LogP contribution >= 0.6 is 0 Å². The minimum atomic E-state index is -0.0696. The summed E-state index contributed by atoms with van der Waals surface area (Å²) in [5.41, 5.74) is -0.0696. The van der Waals surface area contributed by atoms with Crippen molar-refractivity contribution in [3.05, 3.63) is 0 Å². The van der Waals surface area contributed by atoms with Gasteiger partial charge in [0.15, 0.2) is 0 Å². The Morgan fingerprint density at radius 3 is 2.56 bits per heavy atom. The number of hydrogen-bond donors (Lipinski definition) is 2. The molecule has 0 unspecified atom stereocenters. The highest BCUT2D eigenvalue weighted by atomic mass is 16.2. The number of carbonyl (C=O) groups is 1. The topological polar surface area (TPSA) is 44.4 Å². The third kappa shape index (κ3) is 4.94. The molecule has 0 aliphatic carbocycles.